The summed E-state index contributed by atoms with van der Waals surface area (Å²) in [5.41, 5.74) is 4.45. The number of anilines is 1. The van der Waals surface area contributed by atoms with Crippen LogP contribution in [0, 0.1) is 0 Å². The van der Waals surface area contributed by atoms with E-state index in [9.17, 15) is 24.1 Å². The van der Waals surface area contributed by atoms with Crippen molar-refractivity contribution < 1.29 is 47.6 Å². The van der Waals surface area contributed by atoms with Crippen LogP contribution in [0.4, 0.5) is 5.82 Å². The lowest BCUT2D eigenvalue weighted by Gasteiger charge is -2.17. The van der Waals surface area contributed by atoms with Crippen LogP contribution in [0.3, 0.4) is 0 Å². The maximum atomic E-state index is 11.7. The summed E-state index contributed by atoms with van der Waals surface area (Å²) in [5, 5.41) is 19.8. The van der Waals surface area contributed by atoms with Crippen molar-refractivity contribution in [3.63, 3.8) is 0 Å². The molecule has 2 rings (SSSR count). The highest BCUT2D eigenvalue weighted by Crippen LogP contribution is 2.57. The van der Waals surface area contributed by atoms with Gasteiger partial charge in [-0.2, -0.15) is 9.29 Å². The Hall–Kier alpha value is -1.18. The van der Waals surface area contributed by atoms with Gasteiger partial charge in [-0.3, -0.25) is 9.09 Å². The van der Waals surface area contributed by atoms with Gasteiger partial charge in [0.25, 0.3) is 0 Å². The topological polar surface area (TPSA) is 224 Å². The maximum absolute atomic E-state index is 11.7. The summed E-state index contributed by atoms with van der Waals surface area (Å²) in [6, 6.07) is 1.24. The second-order valence-corrected chi connectivity index (χ2v) is 7.75. The molecule has 0 spiro atoms. The van der Waals surface area contributed by atoms with Gasteiger partial charge >= 0.3 is 21.3 Å². The first-order valence-electron chi connectivity index (χ1n) is 6.50. The van der Waals surface area contributed by atoms with Gasteiger partial charge in [0.1, 0.15) is 24.1 Å². The Balaban J connectivity index is 2.08. The minimum atomic E-state index is -5.30. The lowest BCUT2D eigenvalue weighted by atomic mass is 10.1. The van der Waals surface area contributed by atoms with Gasteiger partial charge in [0.15, 0.2) is 6.23 Å². The van der Waals surface area contributed by atoms with Gasteiger partial charge in [-0.25, -0.2) is 13.9 Å². The molecule has 0 amide bonds. The number of aromatic nitrogens is 2. The number of aliphatic hydroxyl groups is 2. The second-order valence-electron chi connectivity index (χ2n) is 4.93. The van der Waals surface area contributed by atoms with Crippen LogP contribution in [0.2, 0.25) is 0 Å². The zero-order valence-electron chi connectivity index (χ0n) is 12.2. The molecule has 1 aliphatic rings. The van der Waals surface area contributed by atoms with Crippen molar-refractivity contribution in [3.8, 4) is 0 Å². The molecule has 1 unspecified atom stereocenters. The Labute approximate surface area is 139 Å². The molecule has 1 aromatic heterocycles. The highest BCUT2D eigenvalue weighted by Gasteiger charge is 2.45. The van der Waals surface area contributed by atoms with Crippen molar-refractivity contribution in [1.82, 2.24) is 9.55 Å². The smallest absolute Gasteiger partial charge is 0.387 e. The Morgan fingerprint density at radius 1 is 1.28 bits per heavy atom. The fourth-order valence-corrected chi connectivity index (χ4v) is 3.64. The van der Waals surface area contributed by atoms with E-state index in [1.165, 1.54) is 6.07 Å². The summed E-state index contributed by atoms with van der Waals surface area (Å²) in [4.78, 5) is 41.3. The Morgan fingerprint density at radius 3 is 2.48 bits per heavy atom. The standard InChI is InChI=1S/C9H15N3O11P2/c10-5-1-2-12(9(15)11-5)8-7(14)6(13)4(22-8)3-21-25(19,20)23-24(16,17)18/h1-2,4,6-8,13-14H,3H2,(H,19,20)(H2,10,11,15)(H2,16,17,18)/t4-,6+,7+,8-/m0/s1. The van der Waals surface area contributed by atoms with Gasteiger partial charge in [0, 0.05) is 6.20 Å². The number of rotatable bonds is 6. The van der Waals surface area contributed by atoms with Crippen molar-refractivity contribution in [3.05, 3.63) is 22.7 Å². The van der Waals surface area contributed by atoms with Gasteiger partial charge in [0.05, 0.1) is 6.61 Å². The third kappa shape index (κ3) is 5.15. The van der Waals surface area contributed by atoms with E-state index in [1.54, 1.807) is 0 Å². The summed E-state index contributed by atoms with van der Waals surface area (Å²) in [6.45, 7) is -0.875. The first kappa shape index (κ1) is 20.1. The largest absolute Gasteiger partial charge is 0.481 e. The molecule has 1 saturated heterocycles. The van der Waals surface area contributed by atoms with Crippen LogP contribution < -0.4 is 11.4 Å². The molecule has 1 fully saturated rings. The van der Waals surface area contributed by atoms with Crippen LogP contribution >= 0.6 is 15.6 Å². The van der Waals surface area contributed by atoms with Crippen molar-refractivity contribution in [1.29, 1.82) is 0 Å². The number of hydrogen-bond acceptors (Lipinski definition) is 10. The van der Waals surface area contributed by atoms with Crippen LogP contribution in [0.5, 0.6) is 0 Å². The third-order valence-electron chi connectivity index (χ3n) is 3.07. The molecular formula is C9H15N3O11P2. The minimum absolute atomic E-state index is 0.0787. The maximum Gasteiger partial charge on any atom is 0.481 e. The van der Waals surface area contributed by atoms with Gasteiger partial charge in [-0.15, -0.1) is 0 Å². The molecule has 0 aromatic carbocycles. The molecule has 25 heavy (non-hydrogen) atoms. The van der Waals surface area contributed by atoms with Gasteiger partial charge in [-0.05, 0) is 6.07 Å². The van der Waals surface area contributed by atoms with E-state index in [4.69, 9.17) is 25.2 Å². The number of phosphoric ester groups is 1. The number of nitrogens with zero attached hydrogens (tertiary/aromatic N) is 2. The number of ether oxygens (including phenoxy) is 1. The number of aliphatic hydroxyl groups excluding tert-OH is 2. The van der Waals surface area contributed by atoms with Crippen LogP contribution in [0.25, 0.3) is 0 Å². The number of nitrogens with two attached hydrogens (primary N) is 1. The molecule has 0 bridgehead atoms. The SMILES string of the molecule is Nc1ccn([C@H]2O[C@@H](COP(=O)(O)OP(=O)(O)O)[C@@H](O)[C@H]2O)c(=O)n1. The molecule has 14 nitrogen and oxygen atoms in total. The first-order valence-corrected chi connectivity index (χ1v) is 9.53. The van der Waals surface area contributed by atoms with E-state index >= 15 is 0 Å². The van der Waals surface area contributed by atoms with E-state index in [-0.39, 0.29) is 5.82 Å². The third-order valence-corrected chi connectivity index (χ3v) is 5.23. The van der Waals surface area contributed by atoms with E-state index in [0.717, 1.165) is 10.8 Å². The molecule has 0 aliphatic carbocycles. The fourth-order valence-electron chi connectivity index (χ4n) is 2.04. The summed E-state index contributed by atoms with van der Waals surface area (Å²) in [7, 11) is -10.5. The number of phosphoric acid groups is 2. The average molecular weight is 403 g/mol. The Bertz CT molecular complexity index is 778. The minimum Gasteiger partial charge on any atom is -0.387 e. The second kappa shape index (κ2) is 7.21. The zero-order chi connectivity index (χ0) is 19.0. The zero-order valence-corrected chi connectivity index (χ0v) is 14.0. The molecule has 1 aromatic rings. The van der Waals surface area contributed by atoms with E-state index in [0.29, 0.717) is 0 Å². The van der Waals surface area contributed by atoms with Crippen molar-refractivity contribution in [2.75, 3.05) is 12.3 Å². The van der Waals surface area contributed by atoms with E-state index < -0.39 is 52.5 Å². The average Bonchev–Trinajstić information content (AvgIpc) is 2.71. The van der Waals surface area contributed by atoms with Crippen LogP contribution in [0.15, 0.2) is 17.1 Å². The fraction of sp³-hybridized carbons (Fsp3) is 0.556. The monoisotopic (exact) mass is 403 g/mol. The molecular weight excluding hydrogens is 388 g/mol. The molecule has 0 radical (unpaired) electrons. The molecule has 7 N–H and O–H groups in total. The lowest BCUT2D eigenvalue weighted by Crippen LogP contribution is -2.36. The van der Waals surface area contributed by atoms with Crippen molar-refractivity contribution in [2.24, 2.45) is 0 Å². The predicted molar refractivity (Wildman–Crippen MR) is 77.7 cm³/mol. The molecule has 0 saturated carbocycles. The van der Waals surface area contributed by atoms with E-state index in [2.05, 4.69) is 13.8 Å². The molecule has 5 atom stereocenters. The number of hydrogen-bond donors (Lipinski definition) is 6. The van der Waals surface area contributed by atoms with Gasteiger partial charge < -0.3 is 35.4 Å². The van der Waals surface area contributed by atoms with Crippen molar-refractivity contribution >= 4 is 21.5 Å². The summed E-state index contributed by atoms with van der Waals surface area (Å²) < 4.78 is 35.8. The normalized spacial score (nSPS) is 29.5. The summed E-state index contributed by atoms with van der Waals surface area (Å²) >= 11 is 0. The predicted octanol–water partition coefficient (Wildman–Crippen LogP) is -2.33. The molecule has 142 valence electrons. The van der Waals surface area contributed by atoms with E-state index in [1.807, 2.05) is 0 Å². The molecule has 16 heteroatoms. The highest BCUT2D eigenvalue weighted by atomic mass is 31.3. The quantitative estimate of drug-likeness (QED) is 0.274. The highest BCUT2D eigenvalue weighted by molar-refractivity contribution is 7.60. The van der Waals surface area contributed by atoms with Crippen LogP contribution in [-0.2, 0) is 22.7 Å². The van der Waals surface area contributed by atoms with Crippen molar-refractivity contribution in [2.45, 2.75) is 24.5 Å². The first-order chi connectivity index (χ1) is 11.4. The Morgan fingerprint density at radius 2 is 1.92 bits per heavy atom. The molecule has 1 aliphatic heterocycles. The molecule has 2 heterocycles. The van der Waals surface area contributed by atoms with Crippen LogP contribution in [-0.4, -0.2) is 59.4 Å². The van der Waals surface area contributed by atoms with Crippen LogP contribution in [0.1, 0.15) is 6.23 Å². The number of nitrogen functional groups attached to an aromatic ring is 1. The lowest BCUT2D eigenvalue weighted by molar-refractivity contribution is -0.0541. The summed E-state index contributed by atoms with van der Waals surface area (Å²) in [5.74, 6) is -0.0787. The van der Waals surface area contributed by atoms with Gasteiger partial charge in [-0.1, -0.05) is 0 Å². The Kier molecular flexibility index (Phi) is 5.81. The van der Waals surface area contributed by atoms with Gasteiger partial charge in [0.2, 0.25) is 0 Å². The summed E-state index contributed by atoms with van der Waals surface area (Å²) in [6.07, 6.45) is -4.93.